The van der Waals surface area contributed by atoms with Gasteiger partial charge < -0.3 is 36.0 Å². The van der Waals surface area contributed by atoms with Crippen molar-refractivity contribution >= 4 is 41.6 Å². The lowest BCUT2D eigenvalue weighted by Crippen LogP contribution is -2.55. The standard InChI is InChI=1S/C20H29N3O6.C17H10F4O5/c1-12(2)10-15(22-17(24)13(3)21-20(28)29-4)18(25)23-16(19(26)27)11-14-8-6-5-7-9-14;18-7-3-1-4-8(19)11(7)13(16(23)24)15(22)14(17(25)26)12-9(20)5-2-6-10(12)21/h5-9,12-13,15-16H,10-11H2,1-4H3,(H,21,28)(H,22,24)(H,23,25)(H,26,27);1-6,13-14H,(H,23,24)(H,25,26)/t13-,15+,16+;/m1./s1. The number of carbonyl (C=O) groups excluding carboxylic acids is 4. The smallest absolute Gasteiger partial charge is 0.407 e. The molecule has 0 saturated carbocycles. The molecule has 0 bridgehead atoms. The number of hydrogen-bond donors (Lipinski definition) is 6. The molecule has 55 heavy (non-hydrogen) atoms. The molecule has 18 heteroatoms. The molecule has 3 aromatic carbocycles. The van der Waals surface area contributed by atoms with Crippen molar-refractivity contribution in [3.05, 3.63) is 107 Å². The molecule has 0 aliphatic rings. The second kappa shape index (κ2) is 20.8. The van der Waals surface area contributed by atoms with E-state index in [0.29, 0.717) is 30.7 Å². The number of rotatable bonds is 16. The highest BCUT2D eigenvalue weighted by Crippen LogP contribution is 2.33. The van der Waals surface area contributed by atoms with Crippen molar-refractivity contribution in [1.29, 1.82) is 0 Å². The van der Waals surface area contributed by atoms with Crippen LogP contribution in [0.1, 0.15) is 55.7 Å². The number of ether oxygens (including phenoxy) is 1. The minimum atomic E-state index is -2.61. The predicted molar refractivity (Wildman–Crippen MR) is 185 cm³/mol. The Morgan fingerprint density at radius 2 is 1.04 bits per heavy atom. The number of carboxylic acid groups (broad SMARTS) is 3. The summed E-state index contributed by atoms with van der Waals surface area (Å²) in [6.45, 7) is 5.20. The minimum Gasteiger partial charge on any atom is -0.480 e. The molecule has 3 aromatic rings. The molecule has 0 radical (unpaired) electrons. The molecule has 3 amide bonds. The third-order valence-electron chi connectivity index (χ3n) is 7.79. The molecule has 0 fully saturated rings. The van der Waals surface area contributed by atoms with Gasteiger partial charge in [0.1, 0.15) is 53.2 Å². The van der Waals surface area contributed by atoms with E-state index in [0.717, 1.165) is 17.7 Å². The van der Waals surface area contributed by atoms with Crippen molar-refractivity contribution < 1.29 is 71.2 Å². The van der Waals surface area contributed by atoms with E-state index >= 15 is 0 Å². The van der Waals surface area contributed by atoms with Crippen LogP contribution < -0.4 is 16.0 Å². The second-order valence-corrected chi connectivity index (χ2v) is 12.4. The highest BCUT2D eigenvalue weighted by Gasteiger charge is 2.43. The number of amides is 3. The molecule has 2 unspecified atom stereocenters. The molecular weight excluding hydrogens is 738 g/mol. The fourth-order valence-corrected chi connectivity index (χ4v) is 5.14. The van der Waals surface area contributed by atoms with E-state index < -0.39 is 106 Å². The summed E-state index contributed by atoms with van der Waals surface area (Å²) >= 11 is 0. The second-order valence-electron chi connectivity index (χ2n) is 12.4. The Morgan fingerprint density at radius 3 is 1.42 bits per heavy atom. The van der Waals surface area contributed by atoms with E-state index in [1.165, 1.54) is 14.0 Å². The van der Waals surface area contributed by atoms with Crippen LogP contribution in [-0.4, -0.2) is 82.2 Å². The van der Waals surface area contributed by atoms with E-state index in [-0.39, 0.29) is 12.3 Å². The van der Waals surface area contributed by atoms with Gasteiger partial charge in [0.2, 0.25) is 11.8 Å². The van der Waals surface area contributed by atoms with Gasteiger partial charge in [-0.05, 0) is 49.1 Å². The fourth-order valence-electron chi connectivity index (χ4n) is 5.14. The van der Waals surface area contributed by atoms with Gasteiger partial charge in [0.15, 0.2) is 5.78 Å². The summed E-state index contributed by atoms with van der Waals surface area (Å²) in [6.07, 6.45) is -0.351. The Balaban J connectivity index is 0.000000382. The monoisotopic (exact) mass is 777 g/mol. The molecule has 0 aromatic heterocycles. The molecule has 296 valence electrons. The number of benzene rings is 3. The number of nitrogens with one attached hydrogen (secondary N) is 3. The molecule has 0 spiro atoms. The van der Waals surface area contributed by atoms with Gasteiger partial charge in [-0.15, -0.1) is 0 Å². The summed E-state index contributed by atoms with van der Waals surface area (Å²) in [5, 5.41) is 35.3. The zero-order valence-electron chi connectivity index (χ0n) is 29.8. The topological polar surface area (TPSA) is 225 Å². The van der Waals surface area contributed by atoms with Crippen molar-refractivity contribution in [2.45, 2.75) is 63.6 Å². The molecule has 6 N–H and O–H groups in total. The predicted octanol–water partition coefficient (Wildman–Crippen LogP) is 3.92. The van der Waals surface area contributed by atoms with Gasteiger partial charge in [-0.25, -0.2) is 27.2 Å². The van der Waals surface area contributed by atoms with E-state index in [1.807, 2.05) is 19.9 Å². The van der Waals surface area contributed by atoms with Gasteiger partial charge in [-0.2, -0.15) is 0 Å². The number of methoxy groups -OCH3 is 1. The number of halogens is 4. The van der Waals surface area contributed by atoms with Gasteiger partial charge in [-0.3, -0.25) is 24.0 Å². The third-order valence-corrected chi connectivity index (χ3v) is 7.79. The quantitative estimate of drug-likeness (QED) is 0.0903. The van der Waals surface area contributed by atoms with E-state index in [1.54, 1.807) is 24.3 Å². The average molecular weight is 778 g/mol. The summed E-state index contributed by atoms with van der Waals surface area (Å²) in [6, 6.07) is 10.4. The van der Waals surface area contributed by atoms with Crippen LogP contribution in [0.3, 0.4) is 0 Å². The van der Waals surface area contributed by atoms with E-state index in [2.05, 4.69) is 20.7 Å². The van der Waals surface area contributed by atoms with Crippen LogP contribution in [0.2, 0.25) is 0 Å². The summed E-state index contributed by atoms with van der Waals surface area (Å²) < 4.78 is 60.0. The van der Waals surface area contributed by atoms with Crippen LogP contribution in [0.5, 0.6) is 0 Å². The molecule has 14 nitrogen and oxygen atoms in total. The summed E-state index contributed by atoms with van der Waals surface area (Å²) in [7, 11) is 1.17. The summed E-state index contributed by atoms with van der Waals surface area (Å²) in [5.41, 5.74) is -1.67. The Morgan fingerprint density at radius 1 is 0.600 bits per heavy atom. The van der Waals surface area contributed by atoms with Crippen LogP contribution >= 0.6 is 0 Å². The SMILES string of the molecule is COC(=O)N[C@H](C)C(=O)N[C@@H](CC(C)C)C(=O)N[C@@H](Cc1ccccc1)C(=O)O.O=C(O)C(C(=O)C(C(=O)O)c1c(F)cccc1F)c1c(F)cccc1F. The van der Waals surface area contributed by atoms with Gasteiger partial charge in [0.05, 0.1) is 7.11 Å². The molecular formula is C37H39F4N3O11. The molecule has 0 aliphatic heterocycles. The number of carboxylic acids is 3. The Hall–Kier alpha value is -6.33. The number of Topliss-reactive ketones (excluding diaryl/α,β-unsaturated/α-hetero) is 1. The van der Waals surface area contributed by atoms with Crippen LogP contribution in [0, 0.1) is 29.2 Å². The van der Waals surface area contributed by atoms with Crippen molar-refractivity contribution in [1.82, 2.24) is 16.0 Å². The molecule has 5 atom stereocenters. The molecule has 0 saturated heterocycles. The first-order valence-electron chi connectivity index (χ1n) is 16.4. The molecule has 0 heterocycles. The summed E-state index contributed by atoms with van der Waals surface area (Å²) in [5.74, 6) is -19.1. The molecule has 3 rings (SSSR count). The first-order valence-corrected chi connectivity index (χ1v) is 16.4. The lowest BCUT2D eigenvalue weighted by molar-refractivity contribution is -0.147. The van der Waals surface area contributed by atoms with Gasteiger partial charge >= 0.3 is 24.0 Å². The highest BCUT2D eigenvalue weighted by atomic mass is 19.1. The minimum absolute atomic E-state index is 0.0623. The van der Waals surface area contributed by atoms with Crippen LogP contribution in [0.25, 0.3) is 0 Å². The zero-order chi connectivity index (χ0) is 41.6. The highest BCUT2D eigenvalue weighted by molar-refractivity contribution is 6.14. The third kappa shape index (κ3) is 12.9. The lowest BCUT2D eigenvalue weighted by Gasteiger charge is -2.24. The largest absolute Gasteiger partial charge is 0.480 e. The van der Waals surface area contributed by atoms with Crippen LogP contribution in [0.4, 0.5) is 22.4 Å². The fraction of sp³-hybridized carbons (Fsp3) is 0.324. The Kier molecular flexibility index (Phi) is 16.9. The van der Waals surface area contributed by atoms with Gasteiger partial charge in [-0.1, -0.05) is 56.3 Å². The Labute approximate surface area is 311 Å². The first kappa shape index (κ1) is 44.8. The van der Waals surface area contributed by atoms with Crippen molar-refractivity contribution in [2.75, 3.05) is 7.11 Å². The van der Waals surface area contributed by atoms with Gasteiger partial charge in [0, 0.05) is 17.5 Å². The normalized spacial score (nSPS) is 13.4. The summed E-state index contributed by atoms with van der Waals surface area (Å²) in [4.78, 5) is 83.3. The first-order chi connectivity index (χ1) is 25.8. The lowest BCUT2D eigenvalue weighted by atomic mass is 9.83. The number of aliphatic carboxylic acids is 3. The van der Waals surface area contributed by atoms with Crippen molar-refractivity contribution in [2.24, 2.45) is 5.92 Å². The average Bonchev–Trinajstić information content (AvgIpc) is 3.10. The van der Waals surface area contributed by atoms with Crippen LogP contribution in [0.15, 0.2) is 66.7 Å². The van der Waals surface area contributed by atoms with Crippen LogP contribution in [-0.2, 0) is 39.9 Å². The number of ketones is 1. The number of alkyl carbamates (subject to hydrolysis) is 1. The maximum absolute atomic E-state index is 13.9. The molecule has 0 aliphatic carbocycles. The van der Waals surface area contributed by atoms with Gasteiger partial charge in [0.25, 0.3) is 0 Å². The van der Waals surface area contributed by atoms with E-state index in [9.17, 15) is 66.4 Å². The Bertz CT molecular complexity index is 1770. The van der Waals surface area contributed by atoms with Crippen molar-refractivity contribution in [3.8, 4) is 0 Å². The van der Waals surface area contributed by atoms with Crippen molar-refractivity contribution in [3.63, 3.8) is 0 Å². The maximum Gasteiger partial charge on any atom is 0.407 e. The zero-order valence-corrected chi connectivity index (χ0v) is 29.8. The number of hydrogen-bond acceptors (Lipinski definition) is 8. The maximum atomic E-state index is 13.9. The number of carbonyl (C=O) groups is 7. The van der Waals surface area contributed by atoms with E-state index in [4.69, 9.17) is 0 Å².